The Hall–Kier alpha value is -1.27. The number of carbonyl (C=O) groups excluding carboxylic acids is 1. The first-order valence-corrected chi connectivity index (χ1v) is 6.67. The van der Waals surface area contributed by atoms with E-state index in [4.69, 9.17) is 21.4 Å². The number of ether oxygens (including phenoxy) is 1. The number of carboxylic acids is 1. The van der Waals surface area contributed by atoms with Gasteiger partial charge in [-0.15, -0.1) is 0 Å². The van der Waals surface area contributed by atoms with E-state index in [2.05, 4.69) is 15.9 Å². The Morgan fingerprint density at radius 1 is 1.58 bits per heavy atom. The molecule has 1 amide bonds. The zero-order valence-corrected chi connectivity index (χ0v) is 12.4. The van der Waals surface area contributed by atoms with Crippen molar-refractivity contribution in [1.82, 2.24) is 0 Å². The number of hydrogen-bond donors (Lipinski definition) is 1. The summed E-state index contributed by atoms with van der Waals surface area (Å²) in [6.07, 6.45) is -0.00988. The van der Waals surface area contributed by atoms with Gasteiger partial charge in [0.1, 0.15) is 5.75 Å². The van der Waals surface area contributed by atoms with Crippen LogP contribution >= 0.6 is 27.5 Å². The van der Waals surface area contributed by atoms with Crippen molar-refractivity contribution in [3.05, 3.63) is 21.6 Å². The SMILES string of the molecule is COc1cc(N2CC(C(=O)O)CC2=O)c(Cl)cc1Br. The lowest BCUT2D eigenvalue weighted by Gasteiger charge is -2.19. The minimum atomic E-state index is -0.976. The second kappa shape index (κ2) is 5.38. The van der Waals surface area contributed by atoms with E-state index in [0.29, 0.717) is 20.9 Å². The number of anilines is 1. The third kappa shape index (κ3) is 2.69. The maximum atomic E-state index is 11.9. The molecule has 1 fully saturated rings. The summed E-state index contributed by atoms with van der Waals surface area (Å²) in [5.41, 5.74) is 0.468. The molecule has 1 unspecified atom stereocenters. The maximum absolute atomic E-state index is 11.9. The molecule has 102 valence electrons. The van der Waals surface area contributed by atoms with Crippen LogP contribution in [0.5, 0.6) is 5.75 Å². The molecule has 1 aromatic carbocycles. The summed E-state index contributed by atoms with van der Waals surface area (Å²) in [6.45, 7) is 0.124. The molecule has 0 radical (unpaired) electrons. The smallest absolute Gasteiger partial charge is 0.308 e. The van der Waals surface area contributed by atoms with Crippen LogP contribution in [0.15, 0.2) is 16.6 Å². The third-order valence-electron chi connectivity index (χ3n) is 2.99. The molecule has 1 saturated heterocycles. The van der Waals surface area contributed by atoms with Gasteiger partial charge in [0.2, 0.25) is 5.91 Å². The van der Waals surface area contributed by atoms with Crippen LogP contribution in [0.3, 0.4) is 0 Å². The molecule has 19 heavy (non-hydrogen) atoms. The van der Waals surface area contributed by atoms with Gasteiger partial charge in [0.15, 0.2) is 0 Å². The van der Waals surface area contributed by atoms with Gasteiger partial charge in [-0.2, -0.15) is 0 Å². The van der Waals surface area contributed by atoms with Crippen molar-refractivity contribution in [1.29, 1.82) is 0 Å². The molecule has 0 saturated carbocycles. The second-order valence-electron chi connectivity index (χ2n) is 4.18. The van der Waals surface area contributed by atoms with Crippen LogP contribution in [-0.2, 0) is 9.59 Å². The molecule has 0 spiro atoms. The predicted octanol–water partition coefficient (Wildman–Crippen LogP) is 2.55. The minimum absolute atomic E-state index is 0.00988. The van der Waals surface area contributed by atoms with Crippen LogP contribution in [0.2, 0.25) is 5.02 Å². The monoisotopic (exact) mass is 347 g/mol. The van der Waals surface area contributed by atoms with Crippen LogP contribution in [-0.4, -0.2) is 30.6 Å². The fourth-order valence-corrected chi connectivity index (χ4v) is 2.89. The molecule has 1 aliphatic heterocycles. The summed E-state index contributed by atoms with van der Waals surface area (Å²) >= 11 is 9.40. The fraction of sp³-hybridized carbons (Fsp3) is 0.333. The molecule has 2 rings (SSSR count). The van der Waals surface area contributed by atoms with Crippen LogP contribution in [0.1, 0.15) is 6.42 Å². The van der Waals surface area contributed by atoms with Gasteiger partial charge >= 0.3 is 5.97 Å². The number of benzene rings is 1. The lowest BCUT2D eigenvalue weighted by Crippen LogP contribution is -2.26. The number of aliphatic carboxylic acids is 1. The van der Waals surface area contributed by atoms with E-state index in [1.165, 1.54) is 12.0 Å². The number of nitrogens with zero attached hydrogens (tertiary/aromatic N) is 1. The Labute approximate surface area is 123 Å². The first-order valence-electron chi connectivity index (χ1n) is 5.50. The zero-order valence-electron chi connectivity index (χ0n) is 10.0. The van der Waals surface area contributed by atoms with E-state index in [1.807, 2.05) is 0 Å². The fourth-order valence-electron chi connectivity index (χ4n) is 1.99. The van der Waals surface area contributed by atoms with Gasteiger partial charge in [-0.25, -0.2) is 0 Å². The van der Waals surface area contributed by atoms with Gasteiger partial charge in [-0.1, -0.05) is 11.6 Å². The first kappa shape index (κ1) is 14.1. The number of carboxylic acid groups (broad SMARTS) is 1. The minimum Gasteiger partial charge on any atom is -0.495 e. The van der Waals surface area contributed by atoms with Crippen molar-refractivity contribution in [2.24, 2.45) is 5.92 Å². The highest BCUT2D eigenvalue weighted by Crippen LogP contribution is 2.38. The Kier molecular flexibility index (Phi) is 4.01. The Morgan fingerprint density at radius 2 is 2.26 bits per heavy atom. The highest BCUT2D eigenvalue weighted by molar-refractivity contribution is 9.10. The number of hydrogen-bond acceptors (Lipinski definition) is 3. The topological polar surface area (TPSA) is 66.8 Å². The van der Waals surface area contributed by atoms with Crippen molar-refractivity contribution in [2.75, 3.05) is 18.6 Å². The molecule has 1 aromatic rings. The van der Waals surface area contributed by atoms with E-state index in [9.17, 15) is 9.59 Å². The molecule has 1 heterocycles. The van der Waals surface area contributed by atoms with Gasteiger partial charge in [0.05, 0.1) is 28.2 Å². The van der Waals surface area contributed by atoms with Gasteiger partial charge < -0.3 is 14.7 Å². The van der Waals surface area contributed by atoms with E-state index >= 15 is 0 Å². The number of carbonyl (C=O) groups is 2. The van der Waals surface area contributed by atoms with Crippen LogP contribution in [0, 0.1) is 5.92 Å². The summed E-state index contributed by atoms with van der Waals surface area (Å²) in [5, 5.41) is 9.33. The van der Waals surface area contributed by atoms with E-state index in [1.54, 1.807) is 12.1 Å². The summed E-state index contributed by atoms with van der Waals surface area (Å²) < 4.78 is 5.82. The Balaban J connectivity index is 2.37. The quantitative estimate of drug-likeness (QED) is 0.911. The number of rotatable bonds is 3. The van der Waals surface area contributed by atoms with Crippen molar-refractivity contribution in [3.8, 4) is 5.75 Å². The first-order chi connectivity index (χ1) is 8.93. The average Bonchev–Trinajstić information content (AvgIpc) is 2.72. The number of methoxy groups -OCH3 is 1. The van der Waals surface area contributed by atoms with Crippen LogP contribution in [0.25, 0.3) is 0 Å². The molecule has 1 aliphatic rings. The molecule has 7 heteroatoms. The van der Waals surface area contributed by atoms with Crippen LogP contribution < -0.4 is 9.64 Å². The van der Waals surface area contributed by atoms with Gasteiger partial charge in [0.25, 0.3) is 0 Å². The second-order valence-corrected chi connectivity index (χ2v) is 5.44. The lowest BCUT2D eigenvalue weighted by atomic mass is 10.1. The van der Waals surface area contributed by atoms with Crippen molar-refractivity contribution in [3.63, 3.8) is 0 Å². The molecule has 0 aromatic heterocycles. The highest BCUT2D eigenvalue weighted by atomic mass is 79.9. The summed E-state index contributed by atoms with van der Waals surface area (Å²) in [4.78, 5) is 24.2. The maximum Gasteiger partial charge on any atom is 0.308 e. The lowest BCUT2D eigenvalue weighted by molar-refractivity contribution is -0.141. The largest absolute Gasteiger partial charge is 0.495 e. The molecular formula is C12H11BrClNO4. The van der Waals surface area contributed by atoms with E-state index in [-0.39, 0.29) is 18.9 Å². The van der Waals surface area contributed by atoms with E-state index in [0.717, 1.165) is 0 Å². The van der Waals surface area contributed by atoms with Crippen molar-refractivity contribution in [2.45, 2.75) is 6.42 Å². The van der Waals surface area contributed by atoms with Crippen molar-refractivity contribution >= 4 is 45.1 Å². The molecule has 1 atom stereocenters. The molecule has 0 bridgehead atoms. The molecule has 1 N–H and O–H groups in total. The predicted molar refractivity (Wildman–Crippen MR) is 73.8 cm³/mol. The molecular weight excluding hydrogens is 337 g/mol. The number of halogens is 2. The summed E-state index contributed by atoms with van der Waals surface area (Å²) in [6, 6.07) is 3.24. The van der Waals surface area contributed by atoms with Gasteiger partial charge in [-0.3, -0.25) is 9.59 Å². The van der Waals surface area contributed by atoms with Gasteiger partial charge in [0, 0.05) is 19.0 Å². The van der Waals surface area contributed by atoms with Crippen molar-refractivity contribution < 1.29 is 19.4 Å². The molecule has 0 aliphatic carbocycles. The third-order valence-corrected chi connectivity index (χ3v) is 3.91. The number of amides is 1. The van der Waals surface area contributed by atoms with Crippen LogP contribution in [0.4, 0.5) is 5.69 Å². The summed E-state index contributed by atoms with van der Waals surface area (Å²) in [5.74, 6) is -1.39. The van der Waals surface area contributed by atoms with Gasteiger partial charge in [-0.05, 0) is 22.0 Å². The molecule has 5 nitrogen and oxygen atoms in total. The Morgan fingerprint density at radius 3 is 2.79 bits per heavy atom. The Bertz CT molecular complexity index is 549. The standard InChI is InChI=1S/C12H11BrClNO4/c1-19-10-4-9(8(14)3-7(10)13)15-5-6(12(17)18)2-11(15)16/h3-4,6H,2,5H2,1H3,(H,17,18). The normalized spacial score (nSPS) is 18.8. The average molecular weight is 349 g/mol. The summed E-state index contributed by atoms with van der Waals surface area (Å²) in [7, 11) is 1.50. The van der Waals surface area contributed by atoms with E-state index < -0.39 is 11.9 Å². The zero-order chi connectivity index (χ0) is 14.2. The highest BCUT2D eigenvalue weighted by Gasteiger charge is 2.36.